The Morgan fingerprint density at radius 2 is 2.03 bits per heavy atom. The lowest BCUT2D eigenvalue weighted by atomic mass is 10.0. The van der Waals surface area contributed by atoms with E-state index in [1.54, 1.807) is 0 Å². The summed E-state index contributed by atoms with van der Waals surface area (Å²) in [6.07, 6.45) is 2.09. The maximum atomic E-state index is 5.77. The molecule has 166 valence electrons. The van der Waals surface area contributed by atoms with Crippen LogP contribution in [0.5, 0.6) is 0 Å². The molecule has 1 heterocycles. The first-order chi connectivity index (χ1) is 13.7. The van der Waals surface area contributed by atoms with Gasteiger partial charge in [-0.15, -0.1) is 24.0 Å². The van der Waals surface area contributed by atoms with Crippen LogP contribution in [0, 0.1) is 11.8 Å². The lowest BCUT2D eigenvalue weighted by Crippen LogP contribution is -2.39. The van der Waals surface area contributed by atoms with Gasteiger partial charge < -0.3 is 25.4 Å². The standard InChI is InChI=1S/C22H38N4O2.HI/c1-4-23-22(24-12-8-13-27-16-19-11-14-28-17-19)25-15-21(18(2)3)26-20-9-6-5-7-10-20;/h5-7,9-10,18-19,21,26H,4,8,11-17H2,1-3H3,(H2,23,24,25);1H. The van der Waals surface area contributed by atoms with Crippen molar-refractivity contribution in [1.82, 2.24) is 10.6 Å². The number of hydrogen-bond acceptors (Lipinski definition) is 4. The molecule has 0 bridgehead atoms. The minimum absolute atomic E-state index is 0. The summed E-state index contributed by atoms with van der Waals surface area (Å²) in [7, 11) is 0. The minimum atomic E-state index is 0. The molecule has 3 N–H and O–H groups in total. The van der Waals surface area contributed by atoms with E-state index in [0.29, 0.717) is 11.8 Å². The van der Waals surface area contributed by atoms with Gasteiger partial charge in [-0.1, -0.05) is 32.0 Å². The van der Waals surface area contributed by atoms with E-state index in [4.69, 9.17) is 14.5 Å². The topological polar surface area (TPSA) is 66.9 Å². The predicted octanol–water partition coefficient (Wildman–Crippen LogP) is 3.74. The molecule has 2 unspecified atom stereocenters. The number of nitrogens with one attached hydrogen (secondary N) is 3. The molecule has 7 heteroatoms. The highest BCUT2D eigenvalue weighted by atomic mass is 127. The Hall–Kier alpha value is -1.06. The Labute approximate surface area is 193 Å². The lowest BCUT2D eigenvalue weighted by molar-refractivity contribution is 0.0888. The third-order valence-corrected chi connectivity index (χ3v) is 4.86. The third kappa shape index (κ3) is 11.1. The highest BCUT2D eigenvalue weighted by molar-refractivity contribution is 14.0. The molecule has 0 spiro atoms. The van der Waals surface area contributed by atoms with Gasteiger partial charge in [-0.25, -0.2) is 0 Å². The molecular weight excluding hydrogens is 479 g/mol. The second kappa shape index (κ2) is 15.7. The second-order valence-corrected chi connectivity index (χ2v) is 7.67. The Bertz CT molecular complexity index is 551. The smallest absolute Gasteiger partial charge is 0.191 e. The molecule has 1 aromatic carbocycles. The Kier molecular flexibility index (Phi) is 14.1. The average molecular weight is 518 g/mol. The Balaban J connectivity index is 0.00000420. The largest absolute Gasteiger partial charge is 0.381 e. The molecule has 1 saturated heterocycles. The number of guanidine groups is 1. The van der Waals surface area contributed by atoms with Crippen molar-refractivity contribution >= 4 is 35.6 Å². The summed E-state index contributed by atoms with van der Waals surface area (Å²) in [5, 5.41) is 10.3. The van der Waals surface area contributed by atoms with Gasteiger partial charge in [0.15, 0.2) is 5.96 Å². The fourth-order valence-corrected chi connectivity index (χ4v) is 3.05. The number of halogens is 1. The first-order valence-electron chi connectivity index (χ1n) is 10.7. The van der Waals surface area contributed by atoms with Crippen molar-refractivity contribution in [2.75, 3.05) is 51.4 Å². The maximum absolute atomic E-state index is 5.77. The van der Waals surface area contributed by atoms with Crippen LogP contribution in [0.2, 0.25) is 0 Å². The van der Waals surface area contributed by atoms with E-state index < -0.39 is 0 Å². The van der Waals surface area contributed by atoms with E-state index in [1.165, 1.54) is 0 Å². The van der Waals surface area contributed by atoms with Crippen molar-refractivity contribution in [3.05, 3.63) is 30.3 Å². The van der Waals surface area contributed by atoms with Gasteiger partial charge in [0.25, 0.3) is 0 Å². The molecule has 0 aliphatic carbocycles. The number of rotatable bonds is 12. The molecule has 1 aliphatic heterocycles. The summed E-state index contributed by atoms with van der Waals surface area (Å²) >= 11 is 0. The van der Waals surface area contributed by atoms with Gasteiger partial charge >= 0.3 is 0 Å². The summed E-state index contributed by atoms with van der Waals surface area (Å²) in [6.45, 7) is 12.3. The lowest BCUT2D eigenvalue weighted by Gasteiger charge is -2.22. The van der Waals surface area contributed by atoms with E-state index in [2.05, 4.69) is 61.0 Å². The fourth-order valence-electron chi connectivity index (χ4n) is 3.05. The van der Waals surface area contributed by atoms with Gasteiger partial charge in [0, 0.05) is 44.0 Å². The molecule has 2 rings (SSSR count). The van der Waals surface area contributed by atoms with E-state index in [1.807, 2.05) is 6.07 Å². The fraction of sp³-hybridized carbons (Fsp3) is 0.682. The quantitative estimate of drug-likeness (QED) is 0.170. The highest BCUT2D eigenvalue weighted by Crippen LogP contribution is 2.13. The summed E-state index contributed by atoms with van der Waals surface area (Å²) in [4.78, 5) is 4.79. The molecular formula is C22H39IN4O2. The van der Waals surface area contributed by atoms with Crippen molar-refractivity contribution in [3.63, 3.8) is 0 Å². The van der Waals surface area contributed by atoms with Gasteiger partial charge in [-0.3, -0.25) is 4.99 Å². The predicted molar refractivity (Wildman–Crippen MR) is 132 cm³/mol. The number of benzene rings is 1. The zero-order chi connectivity index (χ0) is 20.0. The molecule has 6 nitrogen and oxygen atoms in total. The number of aliphatic imine (C=N–C) groups is 1. The Morgan fingerprint density at radius 3 is 2.69 bits per heavy atom. The van der Waals surface area contributed by atoms with Gasteiger partial charge in [-0.05, 0) is 37.8 Å². The van der Waals surface area contributed by atoms with Crippen LogP contribution in [-0.2, 0) is 9.47 Å². The average Bonchev–Trinajstić information content (AvgIpc) is 3.21. The SMILES string of the molecule is CCNC(=NCC(Nc1ccccc1)C(C)C)NCCCOCC1CCOC1.I. The normalized spacial score (nSPS) is 17.7. The van der Waals surface area contributed by atoms with Crippen molar-refractivity contribution in [3.8, 4) is 0 Å². The molecule has 0 amide bonds. The second-order valence-electron chi connectivity index (χ2n) is 7.67. The zero-order valence-electron chi connectivity index (χ0n) is 18.2. The van der Waals surface area contributed by atoms with Crippen LogP contribution in [0.1, 0.15) is 33.6 Å². The first-order valence-corrected chi connectivity index (χ1v) is 10.7. The number of anilines is 1. The maximum Gasteiger partial charge on any atom is 0.191 e. The summed E-state index contributed by atoms with van der Waals surface area (Å²) in [5.41, 5.74) is 1.14. The van der Waals surface area contributed by atoms with Crippen molar-refractivity contribution < 1.29 is 9.47 Å². The molecule has 29 heavy (non-hydrogen) atoms. The number of hydrogen-bond donors (Lipinski definition) is 3. The van der Waals surface area contributed by atoms with Crippen LogP contribution in [0.3, 0.4) is 0 Å². The molecule has 2 atom stereocenters. The van der Waals surface area contributed by atoms with E-state index in [-0.39, 0.29) is 30.0 Å². The van der Waals surface area contributed by atoms with E-state index in [9.17, 15) is 0 Å². The van der Waals surface area contributed by atoms with Crippen LogP contribution in [0.25, 0.3) is 0 Å². The van der Waals surface area contributed by atoms with Crippen molar-refractivity contribution in [2.45, 2.75) is 39.7 Å². The van der Waals surface area contributed by atoms with Crippen LogP contribution >= 0.6 is 24.0 Å². The van der Waals surface area contributed by atoms with Crippen LogP contribution in [0.4, 0.5) is 5.69 Å². The Morgan fingerprint density at radius 1 is 1.24 bits per heavy atom. The zero-order valence-corrected chi connectivity index (χ0v) is 20.5. The third-order valence-electron chi connectivity index (χ3n) is 4.86. The van der Waals surface area contributed by atoms with Gasteiger partial charge in [0.05, 0.1) is 19.8 Å². The summed E-state index contributed by atoms with van der Waals surface area (Å²) < 4.78 is 11.1. The molecule has 0 aromatic heterocycles. The van der Waals surface area contributed by atoms with Crippen LogP contribution in [-0.4, -0.2) is 58.1 Å². The molecule has 0 radical (unpaired) electrons. The number of nitrogens with zero attached hydrogens (tertiary/aromatic N) is 1. The number of ether oxygens (including phenoxy) is 2. The van der Waals surface area contributed by atoms with E-state index >= 15 is 0 Å². The molecule has 0 saturated carbocycles. The van der Waals surface area contributed by atoms with Crippen LogP contribution in [0.15, 0.2) is 35.3 Å². The first kappa shape index (κ1) is 26.0. The van der Waals surface area contributed by atoms with E-state index in [0.717, 1.165) is 70.6 Å². The molecule has 1 aromatic rings. The van der Waals surface area contributed by atoms with Crippen LogP contribution < -0.4 is 16.0 Å². The summed E-state index contributed by atoms with van der Waals surface area (Å²) in [6, 6.07) is 10.6. The van der Waals surface area contributed by atoms with Crippen molar-refractivity contribution in [1.29, 1.82) is 0 Å². The molecule has 1 fully saturated rings. The monoisotopic (exact) mass is 518 g/mol. The van der Waals surface area contributed by atoms with Crippen molar-refractivity contribution in [2.24, 2.45) is 16.8 Å². The van der Waals surface area contributed by atoms with Gasteiger partial charge in [0.2, 0.25) is 0 Å². The van der Waals surface area contributed by atoms with Gasteiger partial charge in [0.1, 0.15) is 0 Å². The van der Waals surface area contributed by atoms with Gasteiger partial charge in [-0.2, -0.15) is 0 Å². The number of para-hydroxylation sites is 1. The minimum Gasteiger partial charge on any atom is -0.381 e. The molecule has 1 aliphatic rings. The highest BCUT2D eigenvalue weighted by Gasteiger charge is 2.15. The summed E-state index contributed by atoms with van der Waals surface area (Å²) in [5.74, 6) is 1.93.